The number of aliphatic imine (C=N–C) groups is 1. The molecule has 0 saturated carbocycles. The number of rotatable bonds is 7. The number of methoxy groups -OCH3 is 1. The van der Waals surface area contributed by atoms with E-state index >= 15 is 0 Å². The van der Waals surface area contributed by atoms with E-state index in [1.807, 2.05) is 26.0 Å². The zero-order chi connectivity index (χ0) is 15.7. The summed E-state index contributed by atoms with van der Waals surface area (Å²) in [4.78, 5) is 4.16. The van der Waals surface area contributed by atoms with Crippen molar-refractivity contribution in [1.82, 2.24) is 10.6 Å². The molecule has 0 aliphatic rings. The first-order valence-electron chi connectivity index (χ1n) is 7.19. The molecule has 0 aliphatic heterocycles. The highest BCUT2D eigenvalue weighted by Gasteiger charge is 2.24. The topological polar surface area (TPSA) is 45.7 Å². The van der Waals surface area contributed by atoms with Crippen LogP contribution in [-0.4, -0.2) is 39.8 Å². The van der Waals surface area contributed by atoms with E-state index in [-0.39, 0.29) is 35.2 Å². The van der Waals surface area contributed by atoms with Gasteiger partial charge in [0.2, 0.25) is 0 Å². The zero-order valence-corrected chi connectivity index (χ0v) is 16.1. The first kappa shape index (κ1) is 21.1. The van der Waals surface area contributed by atoms with Gasteiger partial charge in [0.1, 0.15) is 5.82 Å². The van der Waals surface area contributed by atoms with Crippen molar-refractivity contribution in [3.05, 3.63) is 35.6 Å². The Bertz CT molecular complexity index is 466. The Hall–Kier alpha value is -0.890. The first-order chi connectivity index (χ1) is 10.0. The number of halogens is 2. The van der Waals surface area contributed by atoms with E-state index in [0.717, 1.165) is 18.9 Å². The molecule has 2 N–H and O–H groups in total. The summed E-state index contributed by atoms with van der Waals surface area (Å²) in [7, 11) is 3.41. The van der Waals surface area contributed by atoms with Crippen molar-refractivity contribution in [2.24, 2.45) is 4.99 Å². The molecule has 0 fully saturated rings. The molecule has 0 spiro atoms. The lowest BCUT2D eigenvalue weighted by Crippen LogP contribution is -2.44. The Labute approximate surface area is 149 Å². The van der Waals surface area contributed by atoms with Crippen LogP contribution in [0.15, 0.2) is 29.3 Å². The van der Waals surface area contributed by atoms with Crippen LogP contribution in [0.5, 0.6) is 0 Å². The number of benzene rings is 1. The average Bonchev–Trinajstić information content (AvgIpc) is 2.47. The van der Waals surface area contributed by atoms with Gasteiger partial charge in [0.05, 0.1) is 0 Å². The molecule has 1 rings (SSSR count). The molecule has 1 aromatic rings. The van der Waals surface area contributed by atoms with Crippen molar-refractivity contribution in [3.8, 4) is 0 Å². The molecule has 0 atom stereocenters. The minimum absolute atomic E-state index is 0. The number of nitrogens with one attached hydrogen (secondary N) is 2. The van der Waals surface area contributed by atoms with E-state index in [4.69, 9.17) is 4.74 Å². The molecular weight excluding hydrogens is 396 g/mol. The molecule has 0 amide bonds. The van der Waals surface area contributed by atoms with Gasteiger partial charge in [-0.25, -0.2) is 4.39 Å². The maximum atomic E-state index is 13.9. The second-order valence-electron chi connectivity index (χ2n) is 5.56. The summed E-state index contributed by atoms with van der Waals surface area (Å²) in [6.45, 7) is 6.11. The van der Waals surface area contributed by atoms with Crippen molar-refractivity contribution in [2.75, 3.05) is 33.9 Å². The summed E-state index contributed by atoms with van der Waals surface area (Å²) >= 11 is 0. The minimum Gasteiger partial charge on any atom is -0.385 e. The molecule has 0 aromatic heterocycles. The number of hydrogen-bond donors (Lipinski definition) is 2. The molecule has 6 heteroatoms. The monoisotopic (exact) mass is 423 g/mol. The predicted molar refractivity (Wildman–Crippen MR) is 101 cm³/mol. The SMILES string of the molecule is CN=C(NCCCOC)NCC(C)(C)c1ccccc1F.I. The molecule has 22 heavy (non-hydrogen) atoms. The molecule has 0 bridgehead atoms. The van der Waals surface area contributed by atoms with Crippen LogP contribution in [0.2, 0.25) is 0 Å². The largest absolute Gasteiger partial charge is 0.385 e. The predicted octanol–water partition coefficient (Wildman–Crippen LogP) is 2.92. The first-order valence-corrected chi connectivity index (χ1v) is 7.19. The van der Waals surface area contributed by atoms with Crippen LogP contribution in [-0.2, 0) is 10.2 Å². The molecule has 0 unspecified atom stereocenters. The summed E-state index contributed by atoms with van der Waals surface area (Å²) in [6, 6.07) is 6.89. The van der Waals surface area contributed by atoms with Crippen LogP contribution in [0.1, 0.15) is 25.8 Å². The van der Waals surface area contributed by atoms with Crippen LogP contribution in [0, 0.1) is 5.82 Å². The molecular formula is C16H27FIN3O. The highest BCUT2D eigenvalue weighted by molar-refractivity contribution is 14.0. The molecule has 126 valence electrons. The van der Waals surface area contributed by atoms with E-state index in [0.29, 0.717) is 18.7 Å². The Morgan fingerprint density at radius 2 is 1.95 bits per heavy atom. The summed E-state index contributed by atoms with van der Waals surface area (Å²) < 4.78 is 18.9. The summed E-state index contributed by atoms with van der Waals surface area (Å²) in [5.41, 5.74) is 0.377. The van der Waals surface area contributed by atoms with Gasteiger partial charge in [-0.1, -0.05) is 32.0 Å². The van der Waals surface area contributed by atoms with Crippen LogP contribution in [0.3, 0.4) is 0 Å². The van der Waals surface area contributed by atoms with Crippen molar-refractivity contribution in [3.63, 3.8) is 0 Å². The minimum atomic E-state index is -0.324. The number of ether oxygens (including phenoxy) is 1. The quantitative estimate of drug-likeness (QED) is 0.307. The van der Waals surface area contributed by atoms with Crippen molar-refractivity contribution in [1.29, 1.82) is 0 Å². The maximum absolute atomic E-state index is 13.9. The van der Waals surface area contributed by atoms with Gasteiger partial charge in [0.25, 0.3) is 0 Å². The molecule has 1 aromatic carbocycles. The van der Waals surface area contributed by atoms with Gasteiger partial charge in [-0.3, -0.25) is 4.99 Å². The van der Waals surface area contributed by atoms with E-state index in [1.54, 1.807) is 20.2 Å². The smallest absolute Gasteiger partial charge is 0.191 e. The van der Waals surface area contributed by atoms with Crippen LogP contribution < -0.4 is 10.6 Å². The normalized spacial score (nSPS) is 11.8. The summed E-state index contributed by atoms with van der Waals surface area (Å²) in [6.07, 6.45) is 0.911. The van der Waals surface area contributed by atoms with Crippen molar-refractivity contribution < 1.29 is 9.13 Å². The Kier molecular flexibility index (Phi) is 10.3. The van der Waals surface area contributed by atoms with Gasteiger partial charge >= 0.3 is 0 Å². The highest BCUT2D eigenvalue weighted by atomic mass is 127. The van der Waals surface area contributed by atoms with Gasteiger partial charge in [-0.05, 0) is 18.1 Å². The Morgan fingerprint density at radius 1 is 1.27 bits per heavy atom. The van der Waals surface area contributed by atoms with Gasteiger partial charge in [-0.15, -0.1) is 24.0 Å². The number of nitrogens with zero attached hydrogens (tertiary/aromatic N) is 1. The maximum Gasteiger partial charge on any atom is 0.191 e. The van der Waals surface area contributed by atoms with Crippen molar-refractivity contribution in [2.45, 2.75) is 25.7 Å². The molecule has 0 aliphatic carbocycles. The van der Waals surface area contributed by atoms with E-state index in [2.05, 4.69) is 15.6 Å². The van der Waals surface area contributed by atoms with Crippen LogP contribution in [0.4, 0.5) is 4.39 Å². The lowest BCUT2D eigenvalue weighted by atomic mass is 9.84. The second-order valence-corrected chi connectivity index (χ2v) is 5.56. The number of hydrogen-bond acceptors (Lipinski definition) is 2. The van der Waals surface area contributed by atoms with Gasteiger partial charge in [-0.2, -0.15) is 0 Å². The van der Waals surface area contributed by atoms with E-state index < -0.39 is 0 Å². The molecule has 0 saturated heterocycles. The van der Waals surface area contributed by atoms with E-state index in [9.17, 15) is 4.39 Å². The summed E-state index contributed by atoms with van der Waals surface area (Å²) in [5, 5.41) is 6.45. The molecule has 0 radical (unpaired) electrons. The third-order valence-corrected chi connectivity index (χ3v) is 3.34. The third kappa shape index (κ3) is 6.91. The van der Waals surface area contributed by atoms with Gasteiger partial charge in [0.15, 0.2) is 5.96 Å². The Morgan fingerprint density at radius 3 is 2.55 bits per heavy atom. The fourth-order valence-electron chi connectivity index (χ4n) is 2.05. The van der Waals surface area contributed by atoms with E-state index in [1.165, 1.54) is 6.07 Å². The number of guanidine groups is 1. The van der Waals surface area contributed by atoms with Crippen LogP contribution >= 0.6 is 24.0 Å². The Balaban J connectivity index is 0.00000441. The van der Waals surface area contributed by atoms with Gasteiger partial charge in [0, 0.05) is 39.3 Å². The zero-order valence-electron chi connectivity index (χ0n) is 13.8. The third-order valence-electron chi connectivity index (χ3n) is 3.34. The van der Waals surface area contributed by atoms with Crippen LogP contribution in [0.25, 0.3) is 0 Å². The second kappa shape index (κ2) is 10.8. The average molecular weight is 423 g/mol. The fourth-order valence-corrected chi connectivity index (χ4v) is 2.05. The standard InChI is InChI=1S/C16H26FN3O.HI/c1-16(2,13-8-5-6-9-14(13)17)12-20-15(18-3)19-10-7-11-21-4;/h5-6,8-9H,7,10-12H2,1-4H3,(H2,18,19,20);1H. The molecule has 0 heterocycles. The highest BCUT2D eigenvalue weighted by Crippen LogP contribution is 2.24. The van der Waals surface area contributed by atoms with Crippen molar-refractivity contribution >= 4 is 29.9 Å². The van der Waals surface area contributed by atoms with Gasteiger partial charge < -0.3 is 15.4 Å². The lowest BCUT2D eigenvalue weighted by Gasteiger charge is -2.27. The summed E-state index contributed by atoms with van der Waals surface area (Å²) in [5.74, 6) is 0.544. The molecule has 4 nitrogen and oxygen atoms in total. The lowest BCUT2D eigenvalue weighted by molar-refractivity contribution is 0.195. The fraction of sp³-hybridized carbons (Fsp3) is 0.562.